The molecule has 1 aliphatic rings. The summed E-state index contributed by atoms with van der Waals surface area (Å²) in [6.45, 7) is 2.67. The Hall–Kier alpha value is -2.32. The lowest BCUT2D eigenvalue weighted by Gasteiger charge is -2.30. The standard InChI is InChI=1S/C13H16N6O2/c1-19-5-4-15-7-10(19)12-17-13(21-18-12)8-2-3-9(11(14)20)16-6-8/h2-3,6,10,15H,4-5,7H2,1H3,(H2,14,20). The Labute approximate surface area is 121 Å². The van der Waals surface area contributed by atoms with Gasteiger partial charge in [-0.25, -0.2) is 0 Å². The molecule has 1 atom stereocenters. The fraction of sp³-hybridized carbons (Fsp3) is 0.385. The lowest BCUT2D eigenvalue weighted by Crippen LogP contribution is -2.44. The third-order valence-corrected chi connectivity index (χ3v) is 3.51. The predicted octanol–water partition coefficient (Wildman–Crippen LogP) is -0.193. The van der Waals surface area contributed by atoms with E-state index >= 15 is 0 Å². The van der Waals surface area contributed by atoms with Crippen molar-refractivity contribution in [1.29, 1.82) is 0 Å². The highest BCUT2D eigenvalue weighted by molar-refractivity contribution is 5.90. The van der Waals surface area contributed by atoms with Gasteiger partial charge < -0.3 is 15.6 Å². The van der Waals surface area contributed by atoms with Crippen LogP contribution >= 0.6 is 0 Å². The summed E-state index contributed by atoms with van der Waals surface area (Å²) in [4.78, 5) is 21.6. The van der Waals surface area contributed by atoms with Crippen LogP contribution in [-0.2, 0) is 0 Å². The number of hydrogen-bond acceptors (Lipinski definition) is 7. The molecule has 8 nitrogen and oxygen atoms in total. The average molecular weight is 288 g/mol. The minimum Gasteiger partial charge on any atom is -0.364 e. The minimum absolute atomic E-state index is 0.0918. The highest BCUT2D eigenvalue weighted by Gasteiger charge is 2.25. The zero-order chi connectivity index (χ0) is 14.8. The molecule has 0 spiro atoms. The lowest BCUT2D eigenvalue weighted by molar-refractivity contribution is 0.0995. The van der Waals surface area contributed by atoms with Gasteiger partial charge in [0.25, 0.3) is 11.8 Å². The molecule has 8 heteroatoms. The van der Waals surface area contributed by atoms with Crippen molar-refractivity contribution in [3.05, 3.63) is 29.8 Å². The second-order valence-electron chi connectivity index (χ2n) is 4.95. The van der Waals surface area contributed by atoms with Gasteiger partial charge in [0.1, 0.15) is 5.69 Å². The Bertz CT molecular complexity index is 638. The normalized spacial score (nSPS) is 19.6. The molecule has 110 valence electrons. The van der Waals surface area contributed by atoms with Crippen molar-refractivity contribution < 1.29 is 9.32 Å². The SMILES string of the molecule is CN1CCNCC1c1noc(-c2ccc(C(N)=O)nc2)n1. The fourth-order valence-electron chi connectivity index (χ4n) is 2.25. The van der Waals surface area contributed by atoms with Gasteiger partial charge in [-0.2, -0.15) is 4.98 Å². The van der Waals surface area contributed by atoms with Gasteiger partial charge in [-0.15, -0.1) is 0 Å². The van der Waals surface area contributed by atoms with Gasteiger partial charge in [-0.3, -0.25) is 14.7 Å². The molecular formula is C13H16N6O2. The quantitative estimate of drug-likeness (QED) is 0.805. The zero-order valence-electron chi connectivity index (χ0n) is 11.6. The second kappa shape index (κ2) is 5.58. The molecule has 1 saturated heterocycles. The third kappa shape index (κ3) is 2.76. The summed E-state index contributed by atoms with van der Waals surface area (Å²) >= 11 is 0. The molecule has 0 saturated carbocycles. The van der Waals surface area contributed by atoms with Crippen LogP contribution in [0.15, 0.2) is 22.9 Å². The van der Waals surface area contributed by atoms with Gasteiger partial charge >= 0.3 is 0 Å². The molecule has 0 aliphatic carbocycles. The second-order valence-corrected chi connectivity index (χ2v) is 4.95. The monoisotopic (exact) mass is 288 g/mol. The number of nitrogens with two attached hydrogens (primary N) is 1. The maximum Gasteiger partial charge on any atom is 0.267 e. The number of likely N-dealkylation sites (N-methyl/N-ethyl adjacent to an activating group) is 1. The number of nitrogens with one attached hydrogen (secondary N) is 1. The predicted molar refractivity (Wildman–Crippen MR) is 74.3 cm³/mol. The molecule has 3 heterocycles. The first-order valence-corrected chi connectivity index (χ1v) is 6.66. The Balaban J connectivity index is 1.82. The molecule has 21 heavy (non-hydrogen) atoms. The maximum absolute atomic E-state index is 11.0. The van der Waals surface area contributed by atoms with E-state index in [1.54, 1.807) is 6.07 Å². The van der Waals surface area contributed by atoms with Crippen LogP contribution in [0.25, 0.3) is 11.5 Å². The first kappa shape index (κ1) is 13.7. The van der Waals surface area contributed by atoms with Crippen LogP contribution in [0.5, 0.6) is 0 Å². The van der Waals surface area contributed by atoms with Crippen molar-refractivity contribution in [3.63, 3.8) is 0 Å². The summed E-state index contributed by atoms with van der Waals surface area (Å²) in [6.07, 6.45) is 1.50. The molecule has 2 aromatic rings. The minimum atomic E-state index is -0.567. The fourth-order valence-corrected chi connectivity index (χ4v) is 2.25. The number of rotatable bonds is 3. The molecule has 0 bridgehead atoms. The smallest absolute Gasteiger partial charge is 0.267 e. The summed E-state index contributed by atoms with van der Waals surface area (Å²) in [7, 11) is 2.03. The van der Waals surface area contributed by atoms with Gasteiger partial charge in [0.05, 0.1) is 11.6 Å². The number of primary amides is 1. The molecule has 1 fully saturated rings. The first-order chi connectivity index (χ1) is 10.1. The van der Waals surface area contributed by atoms with Crippen molar-refractivity contribution in [2.24, 2.45) is 5.73 Å². The van der Waals surface area contributed by atoms with Crippen molar-refractivity contribution in [1.82, 2.24) is 25.3 Å². The number of amides is 1. The van der Waals surface area contributed by atoms with Gasteiger partial charge in [0.2, 0.25) is 0 Å². The molecule has 3 rings (SSSR count). The maximum atomic E-state index is 11.0. The third-order valence-electron chi connectivity index (χ3n) is 3.51. The Kier molecular flexibility index (Phi) is 3.63. The van der Waals surface area contributed by atoms with Crippen molar-refractivity contribution in [2.75, 3.05) is 26.7 Å². The van der Waals surface area contributed by atoms with E-state index in [0.717, 1.165) is 19.6 Å². The summed E-state index contributed by atoms with van der Waals surface area (Å²) in [5.74, 6) is 0.453. The van der Waals surface area contributed by atoms with E-state index in [9.17, 15) is 4.79 Å². The number of aromatic nitrogens is 3. The number of carbonyl (C=O) groups excluding carboxylic acids is 1. The van der Waals surface area contributed by atoms with E-state index in [2.05, 4.69) is 25.3 Å². The average Bonchev–Trinajstić information content (AvgIpc) is 2.97. The zero-order valence-corrected chi connectivity index (χ0v) is 11.6. The van der Waals surface area contributed by atoms with E-state index in [1.165, 1.54) is 12.3 Å². The number of carbonyl (C=O) groups is 1. The van der Waals surface area contributed by atoms with Crippen LogP contribution in [-0.4, -0.2) is 52.6 Å². The summed E-state index contributed by atoms with van der Waals surface area (Å²) in [6, 6.07) is 3.32. The van der Waals surface area contributed by atoms with Crippen LogP contribution in [0.1, 0.15) is 22.4 Å². The molecule has 1 amide bonds. The van der Waals surface area contributed by atoms with E-state index in [4.69, 9.17) is 10.3 Å². The largest absolute Gasteiger partial charge is 0.364 e. The summed E-state index contributed by atoms with van der Waals surface area (Å²) < 4.78 is 5.28. The van der Waals surface area contributed by atoms with Crippen LogP contribution in [0, 0.1) is 0 Å². The number of pyridine rings is 1. The Morgan fingerprint density at radius 1 is 1.52 bits per heavy atom. The molecule has 1 unspecified atom stereocenters. The molecular weight excluding hydrogens is 272 g/mol. The van der Waals surface area contributed by atoms with Crippen molar-refractivity contribution in [2.45, 2.75) is 6.04 Å². The van der Waals surface area contributed by atoms with Crippen LogP contribution < -0.4 is 11.1 Å². The highest BCUT2D eigenvalue weighted by atomic mass is 16.5. The molecule has 1 aliphatic heterocycles. The number of nitrogens with zero attached hydrogens (tertiary/aromatic N) is 4. The summed E-state index contributed by atoms with van der Waals surface area (Å²) in [5, 5.41) is 7.34. The van der Waals surface area contributed by atoms with Crippen LogP contribution in [0.2, 0.25) is 0 Å². The highest BCUT2D eigenvalue weighted by Crippen LogP contribution is 2.22. The van der Waals surface area contributed by atoms with Crippen LogP contribution in [0.4, 0.5) is 0 Å². The van der Waals surface area contributed by atoms with Gasteiger partial charge in [0.15, 0.2) is 5.82 Å². The first-order valence-electron chi connectivity index (χ1n) is 6.66. The topological polar surface area (TPSA) is 110 Å². The molecule has 3 N–H and O–H groups in total. The summed E-state index contributed by atoms with van der Waals surface area (Å²) in [5.41, 5.74) is 6.02. The van der Waals surface area contributed by atoms with E-state index in [-0.39, 0.29) is 11.7 Å². The van der Waals surface area contributed by atoms with E-state index in [1.807, 2.05) is 7.05 Å². The van der Waals surface area contributed by atoms with Gasteiger partial charge in [-0.05, 0) is 19.2 Å². The molecule has 0 aromatic carbocycles. The van der Waals surface area contributed by atoms with Gasteiger partial charge in [0, 0.05) is 25.8 Å². The van der Waals surface area contributed by atoms with Gasteiger partial charge in [-0.1, -0.05) is 5.16 Å². The van der Waals surface area contributed by atoms with E-state index in [0.29, 0.717) is 17.3 Å². The van der Waals surface area contributed by atoms with Crippen LogP contribution in [0.3, 0.4) is 0 Å². The van der Waals surface area contributed by atoms with Crippen molar-refractivity contribution >= 4 is 5.91 Å². The molecule has 0 radical (unpaired) electrons. The number of hydrogen-bond donors (Lipinski definition) is 2. The number of piperazine rings is 1. The van der Waals surface area contributed by atoms with Crippen molar-refractivity contribution in [3.8, 4) is 11.5 Å². The molecule has 2 aromatic heterocycles. The Morgan fingerprint density at radius 3 is 3.05 bits per heavy atom. The lowest BCUT2D eigenvalue weighted by atomic mass is 10.2. The Morgan fingerprint density at radius 2 is 2.38 bits per heavy atom. The van der Waals surface area contributed by atoms with E-state index < -0.39 is 5.91 Å².